The second-order valence-electron chi connectivity index (χ2n) is 8.56. The lowest BCUT2D eigenvalue weighted by molar-refractivity contribution is -0.111. The van der Waals surface area contributed by atoms with E-state index in [1.54, 1.807) is 17.4 Å². The number of fused-ring (bicyclic) bond motifs is 1. The minimum absolute atomic E-state index is 0.0642. The van der Waals surface area contributed by atoms with Crippen LogP contribution in [-0.2, 0) is 22.4 Å². The molecule has 2 amide bonds. The quantitative estimate of drug-likeness (QED) is 0.523. The number of amides is 2. The van der Waals surface area contributed by atoms with Crippen LogP contribution < -0.4 is 10.6 Å². The molecule has 1 saturated carbocycles. The number of carbonyl (C=O) groups excluding carboxylic acids is 2. The molecule has 33 heavy (non-hydrogen) atoms. The molecule has 2 aromatic rings. The highest BCUT2D eigenvalue weighted by Gasteiger charge is 2.28. The van der Waals surface area contributed by atoms with Gasteiger partial charge in [-0.25, -0.2) is 4.79 Å². The van der Waals surface area contributed by atoms with Crippen LogP contribution in [0.1, 0.15) is 53.7 Å². The molecule has 0 bridgehead atoms. The fraction of sp³-hybridized carbons (Fsp3) is 0.458. The first-order valence-electron chi connectivity index (χ1n) is 11.2. The van der Waals surface area contributed by atoms with Gasteiger partial charge in [0.05, 0.1) is 18.3 Å². The zero-order chi connectivity index (χ0) is 23.2. The molecule has 4 rings (SSSR count). The maximum absolute atomic E-state index is 12.3. The van der Waals surface area contributed by atoms with Gasteiger partial charge in [0, 0.05) is 17.0 Å². The Hall–Kier alpha value is -2.67. The number of hydrogen-bond acceptors (Lipinski definition) is 7. The molecule has 174 valence electrons. The van der Waals surface area contributed by atoms with E-state index in [4.69, 9.17) is 4.74 Å². The van der Waals surface area contributed by atoms with Gasteiger partial charge < -0.3 is 20.5 Å². The molecule has 2 heterocycles. The third kappa shape index (κ3) is 6.22. The van der Waals surface area contributed by atoms with E-state index < -0.39 is 6.09 Å². The molecule has 1 fully saturated rings. The predicted molar refractivity (Wildman–Crippen MR) is 129 cm³/mol. The van der Waals surface area contributed by atoms with Gasteiger partial charge in [-0.3, -0.25) is 4.79 Å². The van der Waals surface area contributed by atoms with Crippen molar-refractivity contribution in [1.82, 2.24) is 5.32 Å². The standard InChI is InChI=1S/C24H27N3O4S2/c25-12-20-19-7-1-16(13-31-24(30)26-17-3-5-18(28)6-4-17)11-21(19)33-23(20)27-22(29)8-2-15-9-10-32-14-15/h2,8-10,14,16-18,28H,1,3-7,11,13H2,(H,26,30)(H,27,29)/b8-2+. The van der Waals surface area contributed by atoms with Gasteiger partial charge >= 0.3 is 6.09 Å². The van der Waals surface area contributed by atoms with E-state index in [2.05, 4.69) is 16.7 Å². The summed E-state index contributed by atoms with van der Waals surface area (Å²) in [5, 5.41) is 29.5. The number of nitrogens with one attached hydrogen (secondary N) is 2. The van der Waals surface area contributed by atoms with Crippen LogP contribution in [0, 0.1) is 17.2 Å². The zero-order valence-electron chi connectivity index (χ0n) is 18.2. The minimum Gasteiger partial charge on any atom is -0.449 e. The largest absolute Gasteiger partial charge is 0.449 e. The van der Waals surface area contributed by atoms with Gasteiger partial charge in [-0.05, 0) is 84.9 Å². The van der Waals surface area contributed by atoms with Crippen LogP contribution in [-0.4, -0.2) is 35.9 Å². The number of ether oxygens (including phenoxy) is 1. The number of anilines is 1. The average Bonchev–Trinajstić information content (AvgIpc) is 3.44. The molecule has 0 aliphatic heterocycles. The van der Waals surface area contributed by atoms with Gasteiger partial charge in [-0.2, -0.15) is 16.6 Å². The summed E-state index contributed by atoms with van der Waals surface area (Å²) in [4.78, 5) is 25.6. The normalized spacial score (nSPS) is 22.4. The van der Waals surface area contributed by atoms with Crippen LogP contribution in [0.2, 0.25) is 0 Å². The molecular weight excluding hydrogens is 458 g/mol. The third-order valence-electron chi connectivity index (χ3n) is 6.16. The Kier molecular flexibility index (Phi) is 7.81. The third-order valence-corrected chi connectivity index (χ3v) is 8.03. The summed E-state index contributed by atoms with van der Waals surface area (Å²) in [5.41, 5.74) is 2.51. The number of nitriles is 1. The SMILES string of the molecule is N#Cc1c(NC(=O)/C=C/c2ccsc2)sc2c1CCC(COC(=O)NC1CCC(O)CC1)C2. The van der Waals surface area contributed by atoms with Crippen molar-refractivity contribution in [3.63, 3.8) is 0 Å². The van der Waals surface area contributed by atoms with Gasteiger partial charge in [0.15, 0.2) is 0 Å². The van der Waals surface area contributed by atoms with Crippen LogP contribution in [0.3, 0.4) is 0 Å². The molecule has 2 aliphatic rings. The van der Waals surface area contributed by atoms with E-state index in [-0.39, 0.29) is 24.0 Å². The highest BCUT2D eigenvalue weighted by atomic mass is 32.1. The first-order chi connectivity index (χ1) is 16.0. The highest BCUT2D eigenvalue weighted by molar-refractivity contribution is 7.16. The Bertz CT molecular complexity index is 1050. The summed E-state index contributed by atoms with van der Waals surface area (Å²) in [6, 6.07) is 4.25. The van der Waals surface area contributed by atoms with Crippen molar-refractivity contribution < 1.29 is 19.4 Å². The molecule has 1 unspecified atom stereocenters. The Labute approximate surface area is 201 Å². The van der Waals surface area contributed by atoms with Gasteiger partial charge in [-0.15, -0.1) is 11.3 Å². The molecule has 3 N–H and O–H groups in total. The molecule has 1 atom stereocenters. The lowest BCUT2D eigenvalue weighted by Crippen LogP contribution is -2.39. The number of thiophene rings is 2. The molecule has 2 aliphatic carbocycles. The average molecular weight is 486 g/mol. The first-order valence-corrected chi connectivity index (χ1v) is 12.9. The Balaban J connectivity index is 1.30. The number of alkyl carbamates (subject to hydrolysis) is 1. The van der Waals surface area contributed by atoms with E-state index in [1.165, 1.54) is 17.4 Å². The molecular formula is C24H27N3O4S2. The van der Waals surface area contributed by atoms with Gasteiger partial charge in [0.25, 0.3) is 0 Å². The maximum atomic E-state index is 12.3. The lowest BCUT2D eigenvalue weighted by Gasteiger charge is -2.26. The molecule has 0 radical (unpaired) electrons. The number of carbonyl (C=O) groups is 2. The van der Waals surface area contributed by atoms with Crippen LogP contribution >= 0.6 is 22.7 Å². The monoisotopic (exact) mass is 485 g/mol. The highest BCUT2D eigenvalue weighted by Crippen LogP contribution is 2.39. The van der Waals surface area contributed by atoms with E-state index in [0.717, 1.165) is 48.1 Å². The topological polar surface area (TPSA) is 111 Å². The molecule has 2 aromatic heterocycles. The smallest absolute Gasteiger partial charge is 0.407 e. The Morgan fingerprint density at radius 2 is 2.09 bits per heavy atom. The summed E-state index contributed by atoms with van der Waals surface area (Å²) >= 11 is 3.00. The number of aliphatic hydroxyl groups excluding tert-OH is 1. The van der Waals surface area contributed by atoms with Crippen LogP contribution in [0.5, 0.6) is 0 Å². The van der Waals surface area contributed by atoms with Crippen LogP contribution in [0.4, 0.5) is 9.80 Å². The van der Waals surface area contributed by atoms with Crippen molar-refractivity contribution in [3.8, 4) is 6.07 Å². The predicted octanol–water partition coefficient (Wildman–Crippen LogP) is 4.47. The molecule has 0 spiro atoms. The summed E-state index contributed by atoms with van der Waals surface area (Å²) in [6.07, 6.45) is 7.79. The van der Waals surface area contributed by atoms with Gasteiger partial charge in [0.2, 0.25) is 5.91 Å². The Morgan fingerprint density at radius 3 is 2.82 bits per heavy atom. The summed E-state index contributed by atoms with van der Waals surface area (Å²) in [5.74, 6) is -0.0771. The number of nitrogens with zero attached hydrogens (tertiary/aromatic N) is 1. The first kappa shape index (κ1) is 23.5. The molecule has 7 nitrogen and oxygen atoms in total. The summed E-state index contributed by atoms with van der Waals surface area (Å²) < 4.78 is 5.47. The second kappa shape index (κ2) is 11.0. The van der Waals surface area contributed by atoms with Crippen molar-refractivity contribution in [2.45, 2.75) is 57.1 Å². The fourth-order valence-electron chi connectivity index (χ4n) is 4.32. The number of hydrogen-bond donors (Lipinski definition) is 3. The van der Waals surface area contributed by atoms with Crippen molar-refractivity contribution in [2.24, 2.45) is 5.92 Å². The molecule has 0 aromatic carbocycles. The molecule has 0 saturated heterocycles. The summed E-state index contributed by atoms with van der Waals surface area (Å²) in [6.45, 7) is 0.325. The van der Waals surface area contributed by atoms with E-state index in [9.17, 15) is 20.0 Å². The Morgan fingerprint density at radius 1 is 1.27 bits per heavy atom. The van der Waals surface area contributed by atoms with E-state index in [1.807, 2.05) is 16.8 Å². The molecule has 9 heteroatoms. The zero-order valence-corrected chi connectivity index (χ0v) is 19.8. The number of rotatable bonds is 6. The van der Waals surface area contributed by atoms with Crippen LogP contribution in [0.15, 0.2) is 22.9 Å². The summed E-state index contributed by atoms with van der Waals surface area (Å²) in [7, 11) is 0. The lowest BCUT2D eigenvalue weighted by atomic mass is 9.88. The maximum Gasteiger partial charge on any atom is 0.407 e. The van der Waals surface area contributed by atoms with E-state index in [0.29, 0.717) is 30.0 Å². The minimum atomic E-state index is -0.406. The van der Waals surface area contributed by atoms with E-state index >= 15 is 0 Å². The van der Waals surface area contributed by atoms with Crippen LogP contribution in [0.25, 0.3) is 6.08 Å². The van der Waals surface area contributed by atoms with Crippen molar-refractivity contribution in [3.05, 3.63) is 44.5 Å². The van der Waals surface area contributed by atoms with Crippen molar-refractivity contribution >= 4 is 45.8 Å². The fourth-order valence-corrected chi connectivity index (χ4v) is 6.26. The van der Waals surface area contributed by atoms with Crippen molar-refractivity contribution in [2.75, 3.05) is 11.9 Å². The van der Waals surface area contributed by atoms with Crippen molar-refractivity contribution in [1.29, 1.82) is 5.26 Å². The number of aliphatic hydroxyl groups is 1. The van der Waals surface area contributed by atoms with Gasteiger partial charge in [0.1, 0.15) is 11.1 Å². The van der Waals surface area contributed by atoms with Gasteiger partial charge in [-0.1, -0.05) is 0 Å². The second-order valence-corrected chi connectivity index (χ2v) is 10.4.